The van der Waals surface area contributed by atoms with Gasteiger partial charge in [0.05, 0.1) is 0 Å². The first kappa shape index (κ1) is 24.0. The van der Waals surface area contributed by atoms with Crippen LogP contribution in [0.3, 0.4) is 0 Å². The highest BCUT2D eigenvalue weighted by Crippen LogP contribution is 2.32. The van der Waals surface area contributed by atoms with Crippen molar-refractivity contribution in [1.29, 1.82) is 0 Å². The Bertz CT molecular complexity index is 352. The van der Waals surface area contributed by atoms with Crippen LogP contribution in [0.15, 0.2) is 0 Å². The van der Waals surface area contributed by atoms with Gasteiger partial charge in [0.25, 0.3) is 0 Å². The van der Waals surface area contributed by atoms with Crippen molar-refractivity contribution in [3.63, 3.8) is 0 Å². The number of carbonyl (C=O) groups excluding carboxylic acids is 1. The molecule has 0 aromatic heterocycles. The van der Waals surface area contributed by atoms with Crippen LogP contribution in [-0.2, 0) is 4.79 Å². The van der Waals surface area contributed by atoms with Crippen molar-refractivity contribution in [1.82, 2.24) is 15.1 Å². The number of hydrogen-bond donors (Lipinski definition) is 1. The SMILES string of the molecule is CNCC(C)C(=O)N1CCN(C2CCC(C(C)C)CC2)CC1.Cl.Cl. The molecular weight excluding hydrogens is 345 g/mol. The Morgan fingerprint density at radius 2 is 1.54 bits per heavy atom. The van der Waals surface area contributed by atoms with Gasteiger partial charge in [-0.3, -0.25) is 9.69 Å². The summed E-state index contributed by atoms with van der Waals surface area (Å²) in [4.78, 5) is 17.1. The smallest absolute Gasteiger partial charge is 0.226 e. The minimum absolute atomic E-state index is 0. The number of nitrogens with one attached hydrogen (secondary N) is 1. The zero-order chi connectivity index (χ0) is 16.1. The molecule has 1 unspecified atom stereocenters. The number of carbonyl (C=O) groups is 1. The van der Waals surface area contributed by atoms with E-state index in [0.717, 1.165) is 50.6 Å². The van der Waals surface area contributed by atoms with Gasteiger partial charge in [-0.1, -0.05) is 20.8 Å². The van der Waals surface area contributed by atoms with E-state index in [1.807, 2.05) is 14.0 Å². The Kier molecular flexibility index (Phi) is 11.5. The summed E-state index contributed by atoms with van der Waals surface area (Å²) in [5.41, 5.74) is 0. The van der Waals surface area contributed by atoms with Gasteiger partial charge >= 0.3 is 0 Å². The van der Waals surface area contributed by atoms with E-state index < -0.39 is 0 Å². The molecule has 1 heterocycles. The van der Waals surface area contributed by atoms with Gasteiger partial charge in [0.15, 0.2) is 0 Å². The minimum Gasteiger partial charge on any atom is -0.340 e. The Morgan fingerprint density at radius 3 is 2.00 bits per heavy atom. The van der Waals surface area contributed by atoms with Crippen molar-refractivity contribution in [2.24, 2.45) is 17.8 Å². The van der Waals surface area contributed by atoms with Crippen LogP contribution in [0.5, 0.6) is 0 Å². The van der Waals surface area contributed by atoms with E-state index in [1.54, 1.807) is 0 Å². The fourth-order valence-electron chi connectivity index (χ4n) is 4.15. The van der Waals surface area contributed by atoms with Crippen molar-refractivity contribution in [3.05, 3.63) is 0 Å². The number of rotatable bonds is 5. The van der Waals surface area contributed by atoms with E-state index >= 15 is 0 Å². The molecule has 1 aliphatic heterocycles. The minimum atomic E-state index is 0. The summed E-state index contributed by atoms with van der Waals surface area (Å²) in [7, 11) is 1.91. The number of hydrogen-bond acceptors (Lipinski definition) is 3. The van der Waals surface area contributed by atoms with Gasteiger partial charge in [-0.15, -0.1) is 24.8 Å². The molecule has 1 amide bonds. The Balaban J connectivity index is 0.00000264. The highest BCUT2D eigenvalue weighted by Gasteiger charge is 2.31. The molecule has 0 bridgehead atoms. The lowest BCUT2D eigenvalue weighted by atomic mass is 9.79. The van der Waals surface area contributed by atoms with E-state index in [0.29, 0.717) is 5.91 Å². The van der Waals surface area contributed by atoms with Crippen LogP contribution < -0.4 is 5.32 Å². The molecule has 2 fully saturated rings. The molecule has 144 valence electrons. The van der Waals surface area contributed by atoms with Gasteiger partial charge in [0.1, 0.15) is 0 Å². The van der Waals surface area contributed by atoms with Gasteiger partial charge in [-0.2, -0.15) is 0 Å². The predicted molar refractivity (Wildman–Crippen MR) is 106 cm³/mol. The van der Waals surface area contributed by atoms with Crippen molar-refractivity contribution in [2.45, 2.75) is 52.5 Å². The zero-order valence-corrected chi connectivity index (χ0v) is 17.4. The first-order chi connectivity index (χ1) is 10.5. The third-order valence-corrected chi connectivity index (χ3v) is 5.76. The van der Waals surface area contributed by atoms with Gasteiger partial charge in [0.2, 0.25) is 5.91 Å². The topological polar surface area (TPSA) is 35.6 Å². The third kappa shape index (κ3) is 6.36. The molecule has 2 aliphatic rings. The first-order valence-corrected chi connectivity index (χ1v) is 9.20. The van der Waals surface area contributed by atoms with Crippen molar-refractivity contribution >= 4 is 30.7 Å². The van der Waals surface area contributed by atoms with Crippen molar-refractivity contribution in [3.8, 4) is 0 Å². The standard InChI is InChI=1S/C18H35N3O.2ClH/c1-14(2)16-5-7-17(8-6-16)20-9-11-21(12-10-20)18(22)15(3)13-19-4;;/h14-17,19H,5-13H2,1-4H3;2*1H. The van der Waals surface area contributed by atoms with Gasteiger partial charge in [0, 0.05) is 44.7 Å². The lowest BCUT2D eigenvalue weighted by Crippen LogP contribution is -2.54. The summed E-state index contributed by atoms with van der Waals surface area (Å²) in [6.45, 7) is 11.5. The average molecular weight is 382 g/mol. The van der Waals surface area contributed by atoms with Crippen molar-refractivity contribution in [2.75, 3.05) is 39.8 Å². The van der Waals surface area contributed by atoms with E-state index in [-0.39, 0.29) is 30.7 Å². The summed E-state index contributed by atoms with van der Waals surface area (Å²) in [6, 6.07) is 0.766. The van der Waals surface area contributed by atoms with Crippen LogP contribution in [0.4, 0.5) is 0 Å². The molecule has 1 saturated carbocycles. The van der Waals surface area contributed by atoms with Crippen molar-refractivity contribution < 1.29 is 4.79 Å². The number of nitrogens with zero attached hydrogens (tertiary/aromatic N) is 2. The average Bonchev–Trinajstić information content (AvgIpc) is 2.54. The second-order valence-corrected chi connectivity index (χ2v) is 7.63. The molecule has 6 heteroatoms. The second kappa shape index (κ2) is 11.6. The van der Waals surface area contributed by atoms with Crippen LogP contribution in [0.25, 0.3) is 0 Å². The van der Waals surface area contributed by atoms with E-state index in [2.05, 4.69) is 29.0 Å². The van der Waals surface area contributed by atoms with E-state index in [1.165, 1.54) is 25.7 Å². The Labute approximate surface area is 160 Å². The molecule has 0 aromatic carbocycles. The monoisotopic (exact) mass is 381 g/mol. The molecule has 4 nitrogen and oxygen atoms in total. The summed E-state index contributed by atoms with van der Waals surface area (Å²) in [5.74, 6) is 2.18. The number of halogens is 2. The summed E-state index contributed by atoms with van der Waals surface area (Å²) >= 11 is 0. The maximum Gasteiger partial charge on any atom is 0.226 e. The molecule has 0 aromatic rings. The molecule has 1 atom stereocenters. The lowest BCUT2D eigenvalue weighted by Gasteiger charge is -2.43. The molecule has 2 rings (SSSR count). The van der Waals surface area contributed by atoms with Gasteiger partial charge < -0.3 is 10.2 Å². The number of amides is 1. The largest absolute Gasteiger partial charge is 0.340 e. The molecule has 1 N–H and O–H groups in total. The summed E-state index contributed by atoms with van der Waals surface area (Å²) < 4.78 is 0. The molecule has 0 radical (unpaired) electrons. The normalized spacial score (nSPS) is 26.5. The molecule has 1 aliphatic carbocycles. The fourth-order valence-corrected chi connectivity index (χ4v) is 4.15. The second-order valence-electron chi connectivity index (χ2n) is 7.63. The van der Waals surface area contributed by atoms with E-state index in [4.69, 9.17) is 0 Å². The molecule has 0 spiro atoms. The Hall–Kier alpha value is -0.0300. The van der Waals surface area contributed by atoms with Crippen LogP contribution in [0.2, 0.25) is 0 Å². The van der Waals surface area contributed by atoms with Crippen LogP contribution in [0.1, 0.15) is 46.5 Å². The predicted octanol–water partition coefficient (Wildman–Crippen LogP) is 3.04. The highest BCUT2D eigenvalue weighted by atomic mass is 35.5. The first-order valence-electron chi connectivity index (χ1n) is 9.20. The molecule has 1 saturated heterocycles. The summed E-state index contributed by atoms with van der Waals surface area (Å²) in [5, 5.41) is 3.10. The third-order valence-electron chi connectivity index (χ3n) is 5.76. The lowest BCUT2D eigenvalue weighted by molar-refractivity contribution is -0.137. The quantitative estimate of drug-likeness (QED) is 0.794. The van der Waals surface area contributed by atoms with Crippen LogP contribution in [0, 0.1) is 17.8 Å². The maximum absolute atomic E-state index is 12.4. The number of piperazine rings is 1. The van der Waals surface area contributed by atoms with Crippen LogP contribution in [-0.4, -0.2) is 61.5 Å². The fraction of sp³-hybridized carbons (Fsp3) is 0.944. The molecular formula is C18H37Cl2N3O. The highest BCUT2D eigenvalue weighted by molar-refractivity contribution is 5.85. The zero-order valence-electron chi connectivity index (χ0n) is 15.8. The van der Waals surface area contributed by atoms with Crippen LogP contribution >= 0.6 is 24.8 Å². The maximum atomic E-state index is 12.4. The summed E-state index contributed by atoms with van der Waals surface area (Å²) in [6.07, 6.45) is 5.49. The van der Waals surface area contributed by atoms with Gasteiger partial charge in [-0.05, 0) is 44.6 Å². The van der Waals surface area contributed by atoms with E-state index in [9.17, 15) is 4.79 Å². The van der Waals surface area contributed by atoms with Gasteiger partial charge in [-0.25, -0.2) is 0 Å². The molecule has 24 heavy (non-hydrogen) atoms. The Morgan fingerprint density at radius 1 is 1.00 bits per heavy atom.